The van der Waals surface area contributed by atoms with Crippen molar-refractivity contribution in [1.29, 1.82) is 0 Å². The molecular weight excluding hydrogens is 294 g/mol. The molecule has 0 spiro atoms. The summed E-state index contributed by atoms with van der Waals surface area (Å²) in [6.07, 6.45) is 1.39. The van der Waals surface area contributed by atoms with Crippen LogP contribution in [0, 0.1) is 0 Å². The molecule has 0 heterocycles. The standard InChI is InChI=1S/C13H21N3O4S/c14-11-5-1-2-6-12(11)20-9-10-21(18,19)16-8-4-3-7-13(15)17/h1-2,5-6,16H,3-4,7-10,14H2,(H2,15,17). The van der Waals surface area contributed by atoms with E-state index >= 15 is 0 Å². The van der Waals surface area contributed by atoms with Gasteiger partial charge in [-0.3, -0.25) is 4.79 Å². The minimum atomic E-state index is -3.40. The van der Waals surface area contributed by atoms with Crippen molar-refractivity contribution in [3.05, 3.63) is 24.3 Å². The Labute approximate surface area is 124 Å². The van der Waals surface area contributed by atoms with E-state index in [0.717, 1.165) is 0 Å². The second-order valence-electron chi connectivity index (χ2n) is 4.52. The molecule has 0 aromatic heterocycles. The maximum atomic E-state index is 11.7. The van der Waals surface area contributed by atoms with Crippen molar-refractivity contribution in [2.75, 3.05) is 24.6 Å². The van der Waals surface area contributed by atoms with Crippen LogP contribution in [0.1, 0.15) is 19.3 Å². The summed E-state index contributed by atoms with van der Waals surface area (Å²) in [6.45, 7) is 0.300. The van der Waals surface area contributed by atoms with Crippen molar-refractivity contribution in [3.63, 3.8) is 0 Å². The molecule has 5 N–H and O–H groups in total. The Morgan fingerprint density at radius 2 is 1.95 bits per heavy atom. The number of amides is 1. The van der Waals surface area contributed by atoms with Gasteiger partial charge in [0, 0.05) is 13.0 Å². The molecule has 1 amide bonds. The summed E-state index contributed by atoms with van der Waals surface area (Å²) in [4.78, 5) is 10.5. The number of benzene rings is 1. The van der Waals surface area contributed by atoms with Gasteiger partial charge in [-0.1, -0.05) is 12.1 Å². The van der Waals surface area contributed by atoms with E-state index in [9.17, 15) is 13.2 Å². The Morgan fingerprint density at radius 1 is 1.24 bits per heavy atom. The molecular formula is C13H21N3O4S. The topological polar surface area (TPSA) is 125 Å². The lowest BCUT2D eigenvalue weighted by Crippen LogP contribution is -2.30. The number of unbranched alkanes of at least 4 members (excludes halogenated alkanes) is 1. The highest BCUT2D eigenvalue weighted by Crippen LogP contribution is 2.19. The number of carbonyl (C=O) groups excluding carboxylic acids is 1. The number of para-hydroxylation sites is 2. The minimum Gasteiger partial charge on any atom is -0.490 e. The smallest absolute Gasteiger partial charge is 0.217 e. The monoisotopic (exact) mass is 315 g/mol. The van der Waals surface area contributed by atoms with Crippen LogP contribution in [0.5, 0.6) is 5.75 Å². The van der Waals surface area contributed by atoms with Crippen LogP contribution in [-0.2, 0) is 14.8 Å². The molecule has 0 radical (unpaired) electrons. The number of carbonyl (C=O) groups is 1. The quantitative estimate of drug-likeness (QED) is 0.421. The lowest BCUT2D eigenvalue weighted by atomic mass is 10.2. The maximum absolute atomic E-state index is 11.7. The van der Waals surface area contributed by atoms with Crippen LogP contribution >= 0.6 is 0 Å². The van der Waals surface area contributed by atoms with Gasteiger partial charge in [0.05, 0.1) is 11.4 Å². The lowest BCUT2D eigenvalue weighted by Gasteiger charge is -2.09. The fourth-order valence-corrected chi connectivity index (χ4v) is 2.50. The first-order valence-corrected chi connectivity index (χ1v) is 8.29. The van der Waals surface area contributed by atoms with Gasteiger partial charge < -0.3 is 16.2 Å². The zero-order chi connectivity index (χ0) is 15.7. The first-order chi connectivity index (χ1) is 9.91. The van der Waals surface area contributed by atoms with Crippen LogP contribution in [0.3, 0.4) is 0 Å². The molecule has 0 atom stereocenters. The van der Waals surface area contributed by atoms with E-state index in [4.69, 9.17) is 16.2 Å². The van der Waals surface area contributed by atoms with E-state index in [0.29, 0.717) is 24.3 Å². The highest BCUT2D eigenvalue weighted by atomic mass is 32.2. The molecule has 0 aliphatic heterocycles. The van der Waals surface area contributed by atoms with Crippen molar-refractivity contribution in [3.8, 4) is 5.75 Å². The van der Waals surface area contributed by atoms with Crippen molar-refractivity contribution >= 4 is 21.6 Å². The Bertz CT molecular complexity index is 560. The van der Waals surface area contributed by atoms with E-state index in [1.807, 2.05) is 0 Å². The number of hydrogen-bond donors (Lipinski definition) is 3. The number of rotatable bonds is 10. The summed E-state index contributed by atoms with van der Waals surface area (Å²) in [5.74, 6) is -0.0715. The fourth-order valence-electron chi connectivity index (χ4n) is 1.60. The Balaban J connectivity index is 2.24. The number of nitrogen functional groups attached to an aromatic ring is 1. The third-order valence-corrected chi connectivity index (χ3v) is 4.05. The molecule has 0 aliphatic carbocycles. The lowest BCUT2D eigenvalue weighted by molar-refractivity contribution is -0.118. The Hall–Kier alpha value is -1.80. The molecule has 0 unspecified atom stereocenters. The third kappa shape index (κ3) is 7.52. The summed E-state index contributed by atoms with van der Waals surface area (Å²) in [5.41, 5.74) is 11.1. The van der Waals surface area contributed by atoms with Crippen molar-refractivity contribution < 1.29 is 17.9 Å². The van der Waals surface area contributed by atoms with E-state index in [-0.39, 0.29) is 31.2 Å². The van der Waals surface area contributed by atoms with Crippen LogP contribution in [0.25, 0.3) is 0 Å². The Morgan fingerprint density at radius 3 is 2.62 bits per heavy atom. The molecule has 118 valence electrons. The van der Waals surface area contributed by atoms with E-state index in [2.05, 4.69) is 4.72 Å². The summed E-state index contributed by atoms with van der Waals surface area (Å²) >= 11 is 0. The van der Waals surface area contributed by atoms with Crippen molar-refractivity contribution in [2.24, 2.45) is 5.73 Å². The van der Waals surface area contributed by atoms with Gasteiger partial charge in [-0.05, 0) is 25.0 Å². The van der Waals surface area contributed by atoms with Crippen LogP contribution in [-0.4, -0.2) is 33.2 Å². The zero-order valence-corrected chi connectivity index (χ0v) is 12.6. The average molecular weight is 315 g/mol. The van der Waals surface area contributed by atoms with Crippen molar-refractivity contribution in [1.82, 2.24) is 4.72 Å². The van der Waals surface area contributed by atoms with Gasteiger partial charge >= 0.3 is 0 Å². The fraction of sp³-hybridized carbons (Fsp3) is 0.462. The molecule has 0 saturated heterocycles. The predicted molar refractivity (Wildman–Crippen MR) is 81.2 cm³/mol. The molecule has 1 aromatic carbocycles. The van der Waals surface area contributed by atoms with Gasteiger partial charge in [0.1, 0.15) is 12.4 Å². The summed E-state index contributed by atoms with van der Waals surface area (Å²) in [6, 6.07) is 6.89. The van der Waals surface area contributed by atoms with E-state index in [1.165, 1.54) is 0 Å². The van der Waals surface area contributed by atoms with Gasteiger partial charge in [0.15, 0.2) is 0 Å². The third-order valence-electron chi connectivity index (χ3n) is 2.70. The van der Waals surface area contributed by atoms with Gasteiger partial charge in [-0.25, -0.2) is 13.1 Å². The van der Waals surface area contributed by atoms with Crippen LogP contribution in [0.2, 0.25) is 0 Å². The highest BCUT2D eigenvalue weighted by molar-refractivity contribution is 7.89. The van der Waals surface area contributed by atoms with Gasteiger partial charge in [0.25, 0.3) is 0 Å². The maximum Gasteiger partial charge on any atom is 0.217 e. The van der Waals surface area contributed by atoms with Gasteiger partial charge in [-0.2, -0.15) is 0 Å². The first-order valence-electron chi connectivity index (χ1n) is 6.63. The Kier molecular flexibility index (Phi) is 6.97. The molecule has 8 heteroatoms. The second kappa shape index (κ2) is 8.48. The SMILES string of the molecule is NC(=O)CCCCNS(=O)(=O)CCOc1ccccc1N. The number of nitrogens with two attached hydrogens (primary N) is 2. The number of ether oxygens (including phenoxy) is 1. The summed E-state index contributed by atoms with van der Waals surface area (Å²) in [5, 5.41) is 0. The normalized spacial score (nSPS) is 11.2. The molecule has 1 rings (SSSR count). The van der Waals surface area contributed by atoms with Gasteiger partial charge in [-0.15, -0.1) is 0 Å². The first kappa shape index (κ1) is 17.3. The summed E-state index contributed by atoms with van der Waals surface area (Å²) in [7, 11) is -3.40. The molecule has 0 fully saturated rings. The van der Waals surface area contributed by atoms with Crippen LogP contribution in [0.4, 0.5) is 5.69 Å². The molecule has 0 saturated carbocycles. The number of nitrogens with one attached hydrogen (secondary N) is 1. The number of hydrogen-bond acceptors (Lipinski definition) is 5. The molecule has 0 aliphatic rings. The predicted octanol–water partition coefficient (Wildman–Crippen LogP) is 0.223. The largest absolute Gasteiger partial charge is 0.490 e. The molecule has 7 nitrogen and oxygen atoms in total. The average Bonchev–Trinajstić information content (AvgIpc) is 2.40. The second-order valence-corrected chi connectivity index (χ2v) is 6.45. The van der Waals surface area contributed by atoms with Crippen LogP contribution in [0.15, 0.2) is 24.3 Å². The van der Waals surface area contributed by atoms with Gasteiger partial charge in [0.2, 0.25) is 15.9 Å². The molecule has 0 bridgehead atoms. The number of sulfonamides is 1. The summed E-state index contributed by atoms with van der Waals surface area (Å²) < 4.78 is 31.1. The highest BCUT2D eigenvalue weighted by Gasteiger charge is 2.10. The van der Waals surface area contributed by atoms with Crippen LogP contribution < -0.4 is 20.9 Å². The number of anilines is 1. The molecule has 21 heavy (non-hydrogen) atoms. The minimum absolute atomic E-state index is 0.0187. The van der Waals surface area contributed by atoms with Crippen molar-refractivity contribution in [2.45, 2.75) is 19.3 Å². The zero-order valence-electron chi connectivity index (χ0n) is 11.7. The molecule has 1 aromatic rings. The van der Waals surface area contributed by atoms with E-state index < -0.39 is 10.0 Å². The number of primary amides is 1. The van der Waals surface area contributed by atoms with E-state index in [1.54, 1.807) is 24.3 Å².